The van der Waals surface area contributed by atoms with Gasteiger partial charge in [0.2, 0.25) is 5.91 Å². The molecule has 12 heteroatoms. The van der Waals surface area contributed by atoms with Gasteiger partial charge in [0.25, 0.3) is 5.91 Å². The number of carbonyl (C=O) groups is 4. The van der Waals surface area contributed by atoms with Gasteiger partial charge in [-0.3, -0.25) is 19.2 Å². The van der Waals surface area contributed by atoms with E-state index in [1.807, 2.05) is 21.0 Å². The number of nitrogens with two attached hydrogens (primary N) is 2. The van der Waals surface area contributed by atoms with Crippen molar-refractivity contribution in [2.45, 2.75) is 52.0 Å². The monoisotopic (exact) mass is 531 g/mol. The minimum atomic E-state index is -1.03. The number of likely N-dealkylation sites (N-methyl/N-ethyl adjacent to an activating group) is 1. The molecule has 3 heterocycles. The molecular formula is C25H37N7O4S. The first-order valence-corrected chi connectivity index (χ1v) is 13.0. The standard InChI is InChI=1S/C9H17NO.C8H9N3O2.C8H11N3OS/c1-10(2)9(11)8-6-4-3-5-7-8;1-5-2-3-6(10-4-5)11-8(13)7(9)12;1-11-3-2-5-6(4-11)13-8(10-5)7(9)12/h8H,3-7H2,1-2H3;2-4H,1H3,(H2,9,12)(H,10,11,13);2-4H2,1H3,(H2,9,12). The van der Waals surface area contributed by atoms with Crippen LogP contribution in [0.3, 0.4) is 0 Å². The molecule has 5 N–H and O–H groups in total. The molecule has 2 aromatic rings. The van der Waals surface area contributed by atoms with Gasteiger partial charge in [0.05, 0.1) is 5.69 Å². The number of hydrogen-bond donors (Lipinski definition) is 3. The molecule has 1 aliphatic heterocycles. The number of nitrogens with one attached hydrogen (secondary N) is 1. The number of amides is 4. The fraction of sp³-hybridized carbons (Fsp3) is 0.520. The SMILES string of the molecule is CN(C)C(=O)C1CCCCC1.CN1CCc2nc(C(N)=O)sc2C1.Cc1ccc(NC(=O)C(N)=O)nc1. The van der Waals surface area contributed by atoms with Crippen molar-refractivity contribution in [2.24, 2.45) is 17.4 Å². The summed E-state index contributed by atoms with van der Waals surface area (Å²) in [6.45, 7) is 3.77. The number of hydrogen-bond acceptors (Lipinski definition) is 8. The topological polar surface area (TPSA) is 165 Å². The van der Waals surface area contributed by atoms with Crippen LogP contribution in [0, 0.1) is 12.8 Å². The van der Waals surface area contributed by atoms with Crippen LogP contribution in [0.15, 0.2) is 18.3 Å². The average molecular weight is 532 g/mol. The maximum Gasteiger partial charge on any atom is 0.314 e. The van der Waals surface area contributed by atoms with E-state index in [0.29, 0.717) is 22.7 Å². The molecule has 0 aromatic carbocycles. The van der Waals surface area contributed by atoms with E-state index in [0.717, 1.165) is 43.6 Å². The van der Waals surface area contributed by atoms with E-state index in [-0.39, 0.29) is 0 Å². The number of carbonyl (C=O) groups excluding carboxylic acids is 4. The number of pyridine rings is 1. The van der Waals surface area contributed by atoms with Crippen molar-refractivity contribution in [3.05, 3.63) is 39.5 Å². The number of primary amides is 2. The highest BCUT2D eigenvalue weighted by atomic mass is 32.1. The molecule has 0 bridgehead atoms. The molecule has 2 aromatic heterocycles. The lowest BCUT2D eigenvalue weighted by Crippen LogP contribution is -2.30. The summed E-state index contributed by atoms with van der Waals surface area (Å²) in [4.78, 5) is 56.6. The summed E-state index contributed by atoms with van der Waals surface area (Å²) in [5.74, 6) is -1.33. The van der Waals surface area contributed by atoms with Gasteiger partial charge in [-0.2, -0.15) is 0 Å². The second kappa shape index (κ2) is 14.4. The van der Waals surface area contributed by atoms with Gasteiger partial charge in [-0.1, -0.05) is 25.3 Å². The van der Waals surface area contributed by atoms with Gasteiger partial charge in [0.15, 0.2) is 5.01 Å². The summed E-state index contributed by atoms with van der Waals surface area (Å²) in [6.07, 6.45) is 8.52. The molecule has 1 fully saturated rings. The molecule has 0 unspecified atom stereocenters. The molecule has 37 heavy (non-hydrogen) atoms. The van der Waals surface area contributed by atoms with Gasteiger partial charge in [-0.25, -0.2) is 9.97 Å². The van der Waals surface area contributed by atoms with Crippen molar-refractivity contribution in [1.82, 2.24) is 19.8 Å². The fourth-order valence-electron chi connectivity index (χ4n) is 3.86. The van der Waals surface area contributed by atoms with Gasteiger partial charge in [0, 0.05) is 50.6 Å². The number of fused-ring (bicyclic) bond motifs is 1. The van der Waals surface area contributed by atoms with Crippen LogP contribution in [0.5, 0.6) is 0 Å². The molecule has 202 valence electrons. The van der Waals surface area contributed by atoms with Crippen molar-refractivity contribution < 1.29 is 19.2 Å². The van der Waals surface area contributed by atoms with Crippen molar-refractivity contribution >= 4 is 40.8 Å². The number of thiazole rings is 1. The lowest BCUT2D eigenvalue weighted by atomic mass is 9.88. The molecule has 4 amide bonds. The maximum absolute atomic E-state index is 11.4. The average Bonchev–Trinajstić information content (AvgIpc) is 3.30. The zero-order chi connectivity index (χ0) is 27.5. The zero-order valence-corrected chi connectivity index (χ0v) is 22.8. The third kappa shape index (κ3) is 9.89. The number of aryl methyl sites for hydroxylation is 1. The first kappa shape index (κ1) is 29.8. The molecular weight excluding hydrogens is 494 g/mol. The van der Waals surface area contributed by atoms with Crippen molar-refractivity contribution in [1.29, 1.82) is 0 Å². The van der Waals surface area contributed by atoms with E-state index in [9.17, 15) is 19.2 Å². The van der Waals surface area contributed by atoms with Gasteiger partial charge in [0.1, 0.15) is 5.82 Å². The first-order chi connectivity index (χ1) is 17.5. The summed E-state index contributed by atoms with van der Waals surface area (Å²) >= 11 is 1.42. The number of rotatable bonds is 3. The molecule has 1 saturated carbocycles. The zero-order valence-electron chi connectivity index (χ0n) is 22.0. The summed E-state index contributed by atoms with van der Waals surface area (Å²) in [5.41, 5.74) is 11.9. The van der Waals surface area contributed by atoms with E-state index >= 15 is 0 Å². The van der Waals surface area contributed by atoms with Crippen LogP contribution in [0.4, 0.5) is 5.82 Å². The molecule has 2 aliphatic rings. The molecule has 11 nitrogen and oxygen atoms in total. The second-order valence-electron chi connectivity index (χ2n) is 9.35. The van der Waals surface area contributed by atoms with Crippen LogP contribution in [-0.4, -0.2) is 71.1 Å². The smallest absolute Gasteiger partial charge is 0.314 e. The Balaban J connectivity index is 0.000000196. The van der Waals surface area contributed by atoms with E-state index in [2.05, 4.69) is 27.2 Å². The second-order valence-corrected chi connectivity index (χ2v) is 10.4. The lowest BCUT2D eigenvalue weighted by molar-refractivity contribution is -0.134. The highest BCUT2D eigenvalue weighted by Gasteiger charge is 2.22. The number of aromatic nitrogens is 2. The van der Waals surface area contributed by atoms with Crippen LogP contribution < -0.4 is 16.8 Å². The van der Waals surface area contributed by atoms with E-state index < -0.39 is 17.7 Å². The third-order valence-corrected chi connectivity index (χ3v) is 7.00. The quantitative estimate of drug-likeness (QED) is 0.507. The Morgan fingerprint density at radius 1 is 1.11 bits per heavy atom. The van der Waals surface area contributed by atoms with Gasteiger partial charge in [-0.05, 0) is 38.4 Å². The number of anilines is 1. The van der Waals surface area contributed by atoms with Crippen molar-refractivity contribution in [2.75, 3.05) is 33.0 Å². The van der Waals surface area contributed by atoms with Crippen molar-refractivity contribution in [3.63, 3.8) is 0 Å². The maximum atomic E-state index is 11.4. The molecule has 0 atom stereocenters. The minimum absolute atomic E-state index is 0.314. The van der Waals surface area contributed by atoms with E-state index in [1.54, 1.807) is 23.2 Å². The Hall–Kier alpha value is -3.38. The van der Waals surface area contributed by atoms with Crippen molar-refractivity contribution in [3.8, 4) is 0 Å². The van der Waals surface area contributed by atoms with E-state index in [1.165, 1.54) is 35.5 Å². The molecule has 0 spiro atoms. The fourth-order valence-corrected chi connectivity index (χ4v) is 4.90. The predicted octanol–water partition coefficient (Wildman–Crippen LogP) is 1.70. The highest BCUT2D eigenvalue weighted by Crippen LogP contribution is 2.25. The molecule has 0 radical (unpaired) electrons. The van der Waals surface area contributed by atoms with Crippen LogP contribution in [-0.2, 0) is 27.3 Å². The van der Waals surface area contributed by atoms with Crippen LogP contribution in [0.2, 0.25) is 0 Å². The van der Waals surface area contributed by atoms with Crippen LogP contribution >= 0.6 is 11.3 Å². The Bertz CT molecular complexity index is 1080. The minimum Gasteiger partial charge on any atom is -0.364 e. The Labute approximate surface area is 221 Å². The predicted molar refractivity (Wildman–Crippen MR) is 143 cm³/mol. The van der Waals surface area contributed by atoms with E-state index in [4.69, 9.17) is 11.5 Å². The summed E-state index contributed by atoms with van der Waals surface area (Å²) in [5, 5.41) is 2.69. The van der Waals surface area contributed by atoms with Crippen LogP contribution in [0.1, 0.15) is 58.0 Å². The molecule has 0 saturated heterocycles. The summed E-state index contributed by atoms with van der Waals surface area (Å²) in [7, 11) is 5.75. The first-order valence-electron chi connectivity index (χ1n) is 12.2. The third-order valence-electron chi connectivity index (χ3n) is 5.90. The normalized spacial score (nSPS) is 15.1. The number of nitrogens with zero attached hydrogens (tertiary/aromatic N) is 4. The van der Waals surface area contributed by atoms with Gasteiger partial charge in [-0.15, -0.1) is 11.3 Å². The highest BCUT2D eigenvalue weighted by molar-refractivity contribution is 7.13. The van der Waals surface area contributed by atoms with Crippen LogP contribution in [0.25, 0.3) is 0 Å². The summed E-state index contributed by atoms with van der Waals surface area (Å²) in [6, 6.07) is 3.36. The van der Waals surface area contributed by atoms with Gasteiger partial charge >= 0.3 is 11.8 Å². The Morgan fingerprint density at radius 3 is 2.32 bits per heavy atom. The Morgan fingerprint density at radius 2 is 1.78 bits per heavy atom. The Kier molecular flexibility index (Phi) is 11.6. The summed E-state index contributed by atoms with van der Waals surface area (Å²) < 4.78 is 0. The van der Waals surface area contributed by atoms with Gasteiger partial charge < -0.3 is 26.6 Å². The largest absolute Gasteiger partial charge is 0.364 e. The molecule has 4 rings (SSSR count). The lowest BCUT2D eigenvalue weighted by Gasteiger charge is -2.23. The molecule has 1 aliphatic carbocycles.